The molecule has 112 valence electrons. The molecular weight excluding hydrogens is 280 g/mol. The number of phenolic OH excluding ortho intramolecular Hbond substituents is 1. The smallest absolute Gasteiger partial charge is 0.241 e. The van der Waals surface area contributed by atoms with Crippen LogP contribution in [0.1, 0.15) is 27.7 Å². The van der Waals surface area contributed by atoms with Gasteiger partial charge in [0.1, 0.15) is 5.75 Å². The highest BCUT2D eigenvalue weighted by atomic mass is 32.2. The normalized spacial score (nSPS) is 13.8. The zero-order valence-electron chi connectivity index (χ0n) is 12.0. The molecule has 1 atom stereocenters. The van der Waals surface area contributed by atoms with Crippen molar-refractivity contribution < 1.29 is 18.3 Å². The maximum absolute atomic E-state index is 12.1. The Morgan fingerprint density at radius 3 is 2.40 bits per heavy atom. The molecule has 1 aromatic rings. The van der Waals surface area contributed by atoms with Gasteiger partial charge in [-0.15, -0.1) is 0 Å². The van der Waals surface area contributed by atoms with Gasteiger partial charge in [0.2, 0.25) is 15.9 Å². The fraction of sp³-hybridized carbons (Fsp3) is 0.462. The Bertz CT molecular complexity index is 591. The van der Waals surface area contributed by atoms with Crippen LogP contribution in [-0.4, -0.2) is 31.0 Å². The number of carbonyl (C=O) groups excluding carboxylic acids is 1. The van der Waals surface area contributed by atoms with Gasteiger partial charge in [0.15, 0.2) is 0 Å². The van der Waals surface area contributed by atoms with Gasteiger partial charge in [-0.3, -0.25) is 4.79 Å². The van der Waals surface area contributed by atoms with Crippen molar-refractivity contribution in [3.63, 3.8) is 0 Å². The predicted molar refractivity (Wildman–Crippen MR) is 75.8 cm³/mol. The molecule has 7 heteroatoms. The van der Waals surface area contributed by atoms with E-state index in [1.165, 1.54) is 25.1 Å². The number of hydrogen-bond acceptors (Lipinski definition) is 4. The summed E-state index contributed by atoms with van der Waals surface area (Å²) in [6.07, 6.45) is 0. The highest BCUT2D eigenvalue weighted by Gasteiger charge is 2.24. The quantitative estimate of drug-likeness (QED) is 0.772. The molecule has 1 unspecified atom stereocenters. The Balaban J connectivity index is 2.84. The molecule has 6 nitrogen and oxygen atoms in total. The van der Waals surface area contributed by atoms with Crippen molar-refractivity contribution in [3.05, 3.63) is 24.3 Å². The molecule has 0 aliphatic carbocycles. The van der Waals surface area contributed by atoms with Gasteiger partial charge in [-0.05, 0) is 45.9 Å². The van der Waals surface area contributed by atoms with Crippen molar-refractivity contribution in [2.45, 2.75) is 44.2 Å². The van der Waals surface area contributed by atoms with Crippen molar-refractivity contribution in [1.82, 2.24) is 10.0 Å². The van der Waals surface area contributed by atoms with E-state index < -0.39 is 27.5 Å². The first-order valence-corrected chi connectivity index (χ1v) is 7.63. The van der Waals surface area contributed by atoms with Crippen molar-refractivity contribution in [1.29, 1.82) is 0 Å². The van der Waals surface area contributed by atoms with Gasteiger partial charge in [0.25, 0.3) is 0 Å². The number of amides is 1. The number of phenols is 1. The number of benzene rings is 1. The van der Waals surface area contributed by atoms with Gasteiger partial charge in [0, 0.05) is 5.54 Å². The molecule has 0 fully saturated rings. The molecule has 0 bridgehead atoms. The van der Waals surface area contributed by atoms with Crippen molar-refractivity contribution in [3.8, 4) is 5.75 Å². The van der Waals surface area contributed by atoms with Gasteiger partial charge < -0.3 is 10.4 Å². The molecule has 0 aliphatic heterocycles. The van der Waals surface area contributed by atoms with E-state index in [1.54, 1.807) is 20.8 Å². The predicted octanol–water partition coefficient (Wildman–Crippen LogP) is 0.974. The summed E-state index contributed by atoms with van der Waals surface area (Å²) in [6, 6.07) is 4.34. The number of nitrogens with one attached hydrogen (secondary N) is 2. The van der Waals surface area contributed by atoms with Gasteiger partial charge in [-0.1, -0.05) is 6.07 Å². The summed E-state index contributed by atoms with van der Waals surface area (Å²) < 4.78 is 26.4. The third-order valence-corrected chi connectivity index (χ3v) is 3.89. The second kappa shape index (κ2) is 5.80. The van der Waals surface area contributed by atoms with E-state index in [1.807, 2.05) is 0 Å². The molecule has 1 amide bonds. The van der Waals surface area contributed by atoms with Crippen molar-refractivity contribution >= 4 is 15.9 Å². The molecule has 1 rings (SSSR count). The Labute approximate surface area is 119 Å². The lowest BCUT2D eigenvalue weighted by Crippen LogP contribution is -2.50. The maximum Gasteiger partial charge on any atom is 0.241 e. The van der Waals surface area contributed by atoms with Crippen LogP contribution in [0.25, 0.3) is 0 Å². The summed E-state index contributed by atoms with van der Waals surface area (Å²) in [6.45, 7) is 6.88. The third kappa shape index (κ3) is 4.82. The molecule has 20 heavy (non-hydrogen) atoms. The molecule has 0 heterocycles. The van der Waals surface area contributed by atoms with Crippen LogP contribution >= 0.6 is 0 Å². The minimum absolute atomic E-state index is 0.0899. The zero-order valence-corrected chi connectivity index (χ0v) is 12.8. The van der Waals surface area contributed by atoms with Crippen LogP contribution in [0.2, 0.25) is 0 Å². The summed E-state index contributed by atoms with van der Waals surface area (Å²) in [5.74, 6) is -0.569. The second-order valence-corrected chi connectivity index (χ2v) is 7.29. The van der Waals surface area contributed by atoms with Crippen LogP contribution < -0.4 is 10.0 Å². The average Bonchev–Trinajstić information content (AvgIpc) is 2.26. The van der Waals surface area contributed by atoms with Crippen LogP contribution in [0.4, 0.5) is 0 Å². The summed E-state index contributed by atoms with van der Waals surface area (Å²) in [5.41, 5.74) is -0.443. The Kier molecular flexibility index (Phi) is 4.77. The Morgan fingerprint density at radius 1 is 1.30 bits per heavy atom. The fourth-order valence-corrected chi connectivity index (χ4v) is 2.72. The number of hydrogen-bond donors (Lipinski definition) is 3. The highest BCUT2D eigenvalue weighted by Crippen LogP contribution is 2.16. The second-order valence-electron chi connectivity index (χ2n) is 5.58. The van der Waals surface area contributed by atoms with E-state index in [9.17, 15) is 18.3 Å². The van der Waals surface area contributed by atoms with E-state index in [2.05, 4.69) is 10.0 Å². The van der Waals surface area contributed by atoms with Gasteiger partial charge in [0.05, 0.1) is 10.9 Å². The first-order valence-electron chi connectivity index (χ1n) is 6.15. The molecule has 0 spiro atoms. The number of aromatic hydroxyl groups is 1. The summed E-state index contributed by atoms with van der Waals surface area (Å²) >= 11 is 0. The number of sulfonamides is 1. The summed E-state index contributed by atoms with van der Waals surface area (Å²) in [5, 5.41) is 12.0. The van der Waals surface area contributed by atoms with E-state index in [4.69, 9.17) is 0 Å². The van der Waals surface area contributed by atoms with Gasteiger partial charge >= 0.3 is 0 Å². The van der Waals surface area contributed by atoms with Gasteiger partial charge in [-0.25, -0.2) is 8.42 Å². The molecule has 0 aliphatic rings. The minimum Gasteiger partial charge on any atom is -0.508 e. The monoisotopic (exact) mass is 300 g/mol. The molecule has 3 N–H and O–H groups in total. The first kappa shape index (κ1) is 16.5. The van der Waals surface area contributed by atoms with Crippen LogP contribution in [0.15, 0.2) is 29.2 Å². The topological polar surface area (TPSA) is 95.5 Å². The largest absolute Gasteiger partial charge is 0.508 e. The molecule has 0 radical (unpaired) electrons. The fourth-order valence-electron chi connectivity index (χ4n) is 1.48. The molecule has 0 aromatic heterocycles. The standard InChI is InChI=1S/C13H20N2O4S/c1-9(12(17)14-13(2,3)4)15-20(18,19)11-7-5-6-10(16)8-11/h5-9,15-16H,1-4H3,(H,14,17). The number of carbonyl (C=O) groups is 1. The number of rotatable bonds is 4. The first-order chi connectivity index (χ1) is 9.01. The van der Waals surface area contributed by atoms with Crippen molar-refractivity contribution in [2.75, 3.05) is 0 Å². The lowest BCUT2D eigenvalue weighted by molar-refractivity contribution is -0.123. The maximum atomic E-state index is 12.1. The van der Waals surface area contributed by atoms with Crippen LogP contribution in [-0.2, 0) is 14.8 Å². The van der Waals surface area contributed by atoms with Crippen LogP contribution in [0.3, 0.4) is 0 Å². The minimum atomic E-state index is -3.85. The average molecular weight is 300 g/mol. The lowest BCUT2D eigenvalue weighted by Gasteiger charge is -2.23. The summed E-state index contributed by atoms with van der Waals surface area (Å²) in [7, 11) is -3.85. The molecule has 1 aromatic carbocycles. The van der Waals surface area contributed by atoms with Crippen LogP contribution in [0.5, 0.6) is 5.75 Å². The van der Waals surface area contributed by atoms with Gasteiger partial charge in [-0.2, -0.15) is 4.72 Å². The Morgan fingerprint density at radius 2 is 1.90 bits per heavy atom. The summed E-state index contributed by atoms with van der Waals surface area (Å²) in [4.78, 5) is 11.8. The molecule has 0 saturated heterocycles. The van der Waals surface area contributed by atoms with E-state index in [0.717, 1.165) is 6.07 Å². The van der Waals surface area contributed by atoms with E-state index in [0.29, 0.717) is 0 Å². The lowest BCUT2D eigenvalue weighted by atomic mass is 10.1. The zero-order chi connectivity index (χ0) is 15.6. The molecule has 0 saturated carbocycles. The van der Waals surface area contributed by atoms with E-state index >= 15 is 0 Å². The third-order valence-electron chi connectivity index (χ3n) is 2.35. The molecular formula is C13H20N2O4S. The van der Waals surface area contributed by atoms with Crippen LogP contribution in [0, 0.1) is 0 Å². The SMILES string of the molecule is CC(NS(=O)(=O)c1cccc(O)c1)C(=O)NC(C)(C)C. The van der Waals surface area contributed by atoms with E-state index in [-0.39, 0.29) is 10.6 Å². The Hall–Kier alpha value is -1.60. The highest BCUT2D eigenvalue weighted by molar-refractivity contribution is 7.89. The van der Waals surface area contributed by atoms with Crippen molar-refractivity contribution in [2.24, 2.45) is 0 Å².